The van der Waals surface area contributed by atoms with E-state index in [9.17, 15) is 4.79 Å². The van der Waals surface area contributed by atoms with E-state index in [0.717, 1.165) is 41.2 Å². The molecule has 2 aromatic rings. The van der Waals surface area contributed by atoms with Gasteiger partial charge in [-0.25, -0.2) is 4.98 Å². The number of aromatic nitrogens is 2. The van der Waals surface area contributed by atoms with Crippen molar-refractivity contribution in [2.75, 3.05) is 44.0 Å². The molecule has 2 fully saturated rings. The van der Waals surface area contributed by atoms with E-state index in [4.69, 9.17) is 15.5 Å². The molecule has 31 heavy (non-hydrogen) atoms. The third kappa shape index (κ3) is 4.56. The number of nitrogens with zero attached hydrogens (tertiary/aromatic N) is 4. The fraction of sp³-hybridized carbons (Fsp3) is 0.458. The van der Waals surface area contributed by atoms with Gasteiger partial charge >= 0.3 is 0 Å². The second-order valence-electron chi connectivity index (χ2n) is 8.41. The summed E-state index contributed by atoms with van der Waals surface area (Å²) in [6.45, 7) is 8.48. The van der Waals surface area contributed by atoms with Crippen LogP contribution < -0.4 is 10.6 Å². The first-order chi connectivity index (χ1) is 15.0. The molecule has 0 unspecified atom stereocenters. The molecule has 0 spiro atoms. The predicted octanol–water partition coefficient (Wildman–Crippen LogP) is 3.32. The van der Waals surface area contributed by atoms with Gasteiger partial charge in [0.05, 0.1) is 30.1 Å². The Labute approximate surface area is 183 Å². The molecule has 1 saturated carbocycles. The van der Waals surface area contributed by atoms with E-state index in [2.05, 4.69) is 23.4 Å². The van der Waals surface area contributed by atoms with Gasteiger partial charge in [0, 0.05) is 50.5 Å². The van der Waals surface area contributed by atoms with Crippen molar-refractivity contribution in [1.82, 2.24) is 14.9 Å². The van der Waals surface area contributed by atoms with Crippen LogP contribution in [0.4, 0.5) is 11.5 Å². The van der Waals surface area contributed by atoms with Gasteiger partial charge in [-0.3, -0.25) is 9.78 Å². The number of nitrogen functional groups attached to an aromatic ring is 1. The minimum atomic E-state index is 0.0919. The maximum Gasteiger partial charge on any atom is 0.225 e. The molecule has 1 saturated heterocycles. The number of nitrogens with two attached hydrogens (primary N) is 1. The Hall–Kier alpha value is -2.93. The van der Waals surface area contributed by atoms with Crippen molar-refractivity contribution >= 4 is 23.5 Å². The number of hydrogen-bond donors (Lipinski definition) is 1. The maximum absolute atomic E-state index is 12.5. The molecule has 3 heterocycles. The summed E-state index contributed by atoms with van der Waals surface area (Å²) in [4.78, 5) is 26.2. The molecule has 1 aliphatic heterocycles. The van der Waals surface area contributed by atoms with E-state index >= 15 is 0 Å². The van der Waals surface area contributed by atoms with E-state index in [-0.39, 0.29) is 11.9 Å². The lowest BCUT2D eigenvalue weighted by atomic mass is 10.0. The molecule has 164 valence electrons. The van der Waals surface area contributed by atoms with Gasteiger partial charge in [-0.15, -0.1) is 0 Å². The lowest BCUT2D eigenvalue weighted by Crippen LogP contribution is -2.54. The number of anilines is 2. The third-order valence-corrected chi connectivity index (χ3v) is 6.09. The molecular formula is C24H31N5O2. The average molecular weight is 422 g/mol. The number of carbonyl (C=O) groups is 1. The van der Waals surface area contributed by atoms with Crippen molar-refractivity contribution in [2.45, 2.75) is 38.1 Å². The first-order valence-corrected chi connectivity index (χ1v) is 10.9. The average Bonchev–Trinajstić information content (AvgIpc) is 3.62. The first-order valence-electron chi connectivity index (χ1n) is 10.9. The Kier molecular flexibility index (Phi) is 6.23. The van der Waals surface area contributed by atoms with E-state index in [1.165, 1.54) is 0 Å². The Bertz CT molecular complexity index is 972. The van der Waals surface area contributed by atoms with Crippen LogP contribution in [-0.4, -0.2) is 60.2 Å². The molecule has 2 aromatic heterocycles. The van der Waals surface area contributed by atoms with Gasteiger partial charge in [-0.1, -0.05) is 12.7 Å². The summed E-state index contributed by atoms with van der Waals surface area (Å²) in [5, 5.41) is 0. The second kappa shape index (κ2) is 9.06. The monoisotopic (exact) mass is 421 g/mol. The zero-order valence-corrected chi connectivity index (χ0v) is 18.4. The largest absolute Gasteiger partial charge is 0.396 e. The number of hydrogen-bond acceptors (Lipinski definition) is 6. The van der Waals surface area contributed by atoms with Crippen LogP contribution in [0, 0.1) is 0 Å². The SMILES string of the molecule is C=Cc1ccnc(-c2cc(N)c(N3CCN(C(=O)CCOC)[C@H](C)C3)nc2C2CC2)c1. The fourth-order valence-corrected chi connectivity index (χ4v) is 4.23. The molecule has 1 amide bonds. The molecular weight excluding hydrogens is 390 g/mol. The highest BCUT2D eigenvalue weighted by Crippen LogP contribution is 2.45. The summed E-state index contributed by atoms with van der Waals surface area (Å²) >= 11 is 0. The molecule has 1 atom stereocenters. The number of amides is 1. The minimum absolute atomic E-state index is 0.0919. The van der Waals surface area contributed by atoms with Gasteiger partial charge < -0.3 is 20.3 Å². The number of carbonyl (C=O) groups excluding carboxylic acids is 1. The predicted molar refractivity (Wildman–Crippen MR) is 124 cm³/mol. The molecule has 2 aliphatic rings. The van der Waals surface area contributed by atoms with Crippen LogP contribution in [0.1, 0.15) is 43.4 Å². The van der Waals surface area contributed by atoms with Crippen molar-refractivity contribution in [2.24, 2.45) is 0 Å². The Morgan fingerprint density at radius 1 is 1.35 bits per heavy atom. The Morgan fingerprint density at radius 2 is 2.16 bits per heavy atom. The van der Waals surface area contributed by atoms with Crippen LogP contribution in [0.3, 0.4) is 0 Å². The first kappa shape index (κ1) is 21.3. The molecule has 4 rings (SSSR count). The van der Waals surface area contributed by atoms with E-state index in [1.807, 2.05) is 29.2 Å². The van der Waals surface area contributed by atoms with E-state index in [1.54, 1.807) is 13.3 Å². The van der Waals surface area contributed by atoms with Crippen LogP contribution in [0.15, 0.2) is 31.0 Å². The van der Waals surface area contributed by atoms with Crippen LogP contribution >= 0.6 is 0 Å². The molecule has 0 bridgehead atoms. The zero-order chi connectivity index (χ0) is 22.0. The van der Waals surface area contributed by atoms with Crippen molar-refractivity contribution in [3.05, 3.63) is 42.2 Å². The lowest BCUT2D eigenvalue weighted by Gasteiger charge is -2.41. The van der Waals surface area contributed by atoms with Crippen molar-refractivity contribution < 1.29 is 9.53 Å². The molecule has 0 aromatic carbocycles. The zero-order valence-electron chi connectivity index (χ0n) is 18.4. The highest BCUT2D eigenvalue weighted by Gasteiger charge is 2.32. The Morgan fingerprint density at radius 3 is 2.84 bits per heavy atom. The Balaban J connectivity index is 1.59. The van der Waals surface area contributed by atoms with Crippen LogP contribution in [-0.2, 0) is 9.53 Å². The van der Waals surface area contributed by atoms with Gasteiger partial charge in [-0.2, -0.15) is 0 Å². The summed E-state index contributed by atoms with van der Waals surface area (Å²) < 4.78 is 5.05. The van der Waals surface area contributed by atoms with Crippen molar-refractivity contribution in [1.29, 1.82) is 0 Å². The van der Waals surface area contributed by atoms with Crippen LogP contribution in [0.25, 0.3) is 17.3 Å². The maximum atomic E-state index is 12.5. The van der Waals surface area contributed by atoms with Gasteiger partial charge in [0.15, 0.2) is 5.82 Å². The van der Waals surface area contributed by atoms with Crippen molar-refractivity contribution in [3.63, 3.8) is 0 Å². The summed E-state index contributed by atoms with van der Waals surface area (Å²) in [5.41, 5.74) is 11.1. The lowest BCUT2D eigenvalue weighted by molar-refractivity contribution is -0.134. The third-order valence-electron chi connectivity index (χ3n) is 6.09. The van der Waals surface area contributed by atoms with Crippen molar-refractivity contribution in [3.8, 4) is 11.3 Å². The normalized spacial score (nSPS) is 18.8. The number of ether oxygens (including phenoxy) is 1. The molecule has 7 heteroatoms. The van der Waals surface area contributed by atoms with E-state index in [0.29, 0.717) is 44.3 Å². The van der Waals surface area contributed by atoms with Gasteiger partial charge in [0.25, 0.3) is 0 Å². The smallest absolute Gasteiger partial charge is 0.225 e. The van der Waals surface area contributed by atoms with Gasteiger partial charge in [0.1, 0.15) is 0 Å². The minimum Gasteiger partial charge on any atom is -0.396 e. The van der Waals surface area contributed by atoms with E-state index < -0.39 is 0 Å². The summed E-state index contributed by atoms with van der Waals surface area (Å²) in [7, 11) is 1.62. The number of piperazine rings is 1. The highest BCUT2D eigenvalue weighted by atomic mass is 16.5. The highest BCUT2D eigenvalue weighted by molar-refractivity contribution is 5.78. The fourth-order valence-electron chi connectivity index (χ4n) is 4.23. The molecule has 0 radical (unpaired) electrons. The van der Waals surface area contributed by atoms with Crippen LogP contribution in [0.5, 0.6) is 0 Å². The second-order valence-corrected chi connectivity index (χ2v) is 8.41. The van der Waals surface area contributed by atoms with Gasteiger partial charge in [-0.05, 0) is 43.5 Å². The standard InChI is InChI=1S/C24H31N5O2/c1-4-17-7-9-26-21(13-17)19-14-20(25)24(27-23(19)18-5-6-18)28-10-11-29(16(2)15-28)22(30)8-12-31-3/h4,7,9,13-14,16,18H,1,5-6,8,10-12,15,25H2,2-3H3/t16-/m1/s1. The van der Waals surface area contributed by atoms with Crippen LogP contribution in [0.2, 0.25) is 0 Å². The number of rotatable bonds is 7. The molecule has 7 nitrogen and oxygen atoms in total. The number of methoxy groups -OCH3 is 1. The summed E-state index contributed by atoms with van der Waals surface area (Å²) in [6.07, 6.45) is 6.32. The quantitative estimate of drug-likeness (QED) is 0.738. The molecule has 1 aliphatic carbocycles. The molecule has 2 N–H and O–H groups in total. The summed E-state index contributed by atoms with van der Waals surface area (Å²) in [5.74, 6) is 1.41. The topological polar surface area (TPSA) is 84.6 Å². The van der Waals surface area contributed by atoms with Gasteiger partial charge in [0.2, 0.25) is 5.91 Å². The number of pyridine rings is 2. The summed E-state index contributed by atoms with van der Waals surface area (Å²) in [6, 6.07) is 6.08.